The summed E-state index contributed by atoms with van der Waals surface area (Å²) in [6.45, 7) is 5.64. The number of piperidine rings is 1. The number of carbonyl (C=O) groups excluding carboxylic acids is 1. The lowest BCUT2D eigenvalue weighted by molar-refractivity contribution is 0.0145. The number of carbonyl (C=O) groups is 1. The van der Waals surface area contributed by atoms with Crippen LogP contribution in [0.15, 0.2) is 18.2 Å². The van der Waals surface area contributed by atoms with E-state index in [0.717, 1.165) is 44.8 Å². The van der Waals surface area contributed by atoms with E-state index in [1.807, 2.05) is 30.0 Å². The molecule has 1 N–H and O–H groups in total. The van der Waals surface area contributed by atoms with Crippen LogP contribution in [0.5, 0.6) is 5.75 Å². The van der Waals surface area contributed by atoms with E-state index in [0.29, 0.717) is 24.0 Å². The Labute approximate surface area is 125 Å². The van der Waals surface area contributed by atoms with E-state index in [4.69, 9.17) is 9.47 Å². The molecular formula is C16H22N2O3. The predicted octanol–water partition coefficient (Wildman–Crippen LogP) is 2.13. The molecule has 114 valence electrons. The Morgan fingerprint density at radius 1 is 1.43 bits per heavy atom. The molecule has 1 aromatic rings. The van der Waals surface area contributed by atoms with Crippen molar-refractivity contribution in [2.75, 3.05) is 38.2 Å². The molecule has 2 aliphatic rings. The molecule has 3 rings (SSSR count). The summed E-state index contributed by atoms with van der Waals surface area (Å²) in [6, 6.07) is 5.70. The average Bonchev–Trinajstić information content (AvgIpc) is 2.55. The fraction of sp³-hybridized carbons (Fsp3) is 0.562. The van der Waals surface area contributed by atoms with Crippen LogP contribution in [0, 0.1) is 0 Å². The molecule has 5 heteroatoms. The second-order valence-electron chi connectivity index (χ2n) is 5.40. The van der Waals surface area contributed by atoms with Crippen LogP contribution >= 0.6 is 0 Å². The molecule has 0 unspecified atom stereocenters. The first-order valence-electron chi connectivity index (χ1n) is 7.70. The highest BCUT2D eigenvalue weighted by Crippen LogP contribution is 2.32. The van der Waals surface area contributed by atoms with Crippen molar-refractivity contribution < 1.29 is 14.3 Å². The third-order valence-electron chi connectivity index (χ3n) is 4.04. The molecule has 1 saturated heterocycles. The van der Waals surface area contributed by atoms with Gasteiger partial charge in [0.2, 0.25) is 0 Å². The Kier molecular flexibility index (Phi) is 4.29. The van der Waals surface area contributed by atoms with Crippen molar-refractivity contribution in [1.29, 1.82) is 0 Å². The van der Waals surface area contributed by atoms with Gasteiger partial charge in [-0.1, -0.05) is 6.07 Å². The first-order valence-corrected chi connectivity index (χ1v) is 7.70. The maximum Gasteiger partial charge on any atom is 0.257 e. The van der Waals surface area contributed by atoms with E-state index in [9.17, 15) is 4.79 Å². The van der Waals surface area contributed by atoms with Crippen LogP contribution in [0.3, 0.4) is 0 Å². The molecule has 0 spiro atoms. The van der Waals surface area contributed by atoms with Gasteiger partial charge in [-0.2, -0.15) is 0 Å². The minimum Gasteiger partial charge on any atom is -0.489 e. The molecule has 0 aliphatic carbocycles. The number of anilines is 1. The normalized spacial score (nSPS) is 18.6. The molecule has 2 aliphatic heterocycles. The van der Waals surface area contributed by atoms with Gasteiger partial charge in [-0.3, -0.25) is 4.79 Å². The number of nitrogens with one attached hydrogen (secondary N) is 1. The van der Waals surface area contributed by atoms with Crippen LogP contribution in [0.1, 0.15) is 30.1 Å². The second-order valence-corrected chi connectivity index (χ2v) is 5.40. The number of rotatable bonds is 3. The molecule has 1 fully saturated rings. The minimum atomic E-state index is 0.0606. The molecule has 0 saturated carbocycles. The Balaban J connectivity index is 1.72. The summed E-state index contributed by atoms with van der Waals surface area (Å²) in [7, 11) is 0. The third-order valence-corrected chi connectivity index (χ3v) is 4.04. The van der Waals surface area contributed by atoms with Crippen molar-refractivity contribution >= 4 is 11.6 Å². The fourth-order valence-electron chi connectivity index (χ4n) is 2.97. The zero-order chi connectivity index (χ0) is 14.7. The monoisotopic (exact) mass is 290 g/mol. The standard InChI is InChI=1S/C16H22N2O3/c1-2-20-12-6-9-18(10-7-12)16(19)13-4-3-5-14-15(13)21-11-8-17-14/h3-5,12,17H,2,6-11H2,1H3. The highest BCUT2D eigenvalue weighted by molar-refractivity contribution is 5.99. The summed E-state index contributed by atoms with van der Waals surface area (Å²) < 4.78 is 11.3. The lowest BCUT2D eigenvalue weighted by atomic mass is 10.0. The van der Waals surface area contributed by atoms with Gasteiger partial charge in [0.1, 0.15) is 6.61 Å². The number of fused-ring (bicyclic) bond motifs is 1. The van der Waals surface area contributed by atoms with E-state index >= 15 is 0 Å². The maximum atomic E-state index is 12.7. The summed E-state index contributed by atoms with van der Waals surface area (Å²) in [5.74, 6) is 0.756. The van der Waals surface area contributed by atoms with Gasteiger partial charge in [0.15, 0.2) is 5.75 Å². The van der Waals surface area contributed by atoms with Gasteiger partial charge in [0.25, 0.3) is 5.91 Å². The number of benzene rings is 1. The number of likely N-dealkylation sites (tertiary alicyclic amines) is 1. The zero-order valence-corrected chi connectivity index (χ0v) is 12.4. The zero-order valence-electron chi connectivity index (χ0n) is 12.4. The third kappa shape index (κ3) is 2.97. The van der Waals surface area contributed by atoms with Crippen LogP contribution < -0.4 is 10.1 Å². The van der Waals surface area contributed by atoms with Crippen molar-refractivity contribution in [3.05, 3.63) is 23.8 Å². The minimum absolute atomic E-state index is 0.0606. The van der Waals surface area contributed by atoms with Crippen LogP contribution in [-0.4, -0.2) is 49.8 Å². The van der Waals surface area contributed by atoms with Gasteiger partial charge < -0.3 is 19.7 Å². The summed E-state index contributed by atoms with van der Waals surface area (Å²) in [5.41, 5.74) is 1.57. The van der Waals surface area contributed by atoms with Gasteiger partial charge >= 0.3 is 0 Å². The highest BCUT2D eigenvalue weighted by atomic mass is 16.5. The first kappa shape index (κ1) is 14.2. The van der Waals surface area contributed by atoms with E-state index in [1.165, 1.54) is 0 Å². The molecule has 1 aromatic carbocycles. The van der Waals surface area contributed by atoms with Crippen molar-refractivity contribution in [3.63, 3.8) is 0 Å². The largest absolute Gasteiger partial charge is 0.489 e. The van der Waals surface area contributed by atoms with E-state index in [-0.39, 0.29) is 5.91 Å². The smallest absolute Gasteiger partial charge is 0.257 e. The van der Waals surface area contributed by atoms with Crippen LogP contribution in [0.2, 0.25) is 0 Å². The summed E-state index contributed by atoms with van der Waals surface area (Å²) >= 11 is 0. The highest BCUT2D eigenvalue weighted by Gasteiger charge is 2.27. The van der Waals surface area contributed by atoms with Crippen molar-refractivity contribution in [1.82, 2.24) is 4.90 Å². The molecule has 1 amide bonds. The number of nitrogens with zero attached hydrogens (tertiary/aromatic N) is 1. The first-order chi connectivity index (χ1) is 10.3. The Bertz CT molecular complexity index is 510. The lowest BCUT2D eigenvalue weighted by Crippen LogP contribution is -2.41. The summed E-state index contributed by atoms with van der Waals surface area (Å²) in [4.78, 5) is 14.6. The van der Waals surface area contributed by atoms with Gasteiger partial charge in [-0.25, -0.2) is 0 Å². The second kappa shape index (κ2) is 6.35. The molecular weight excluding hydrogens is 268 g/mol. The molecule has 5 nitrogen and oxygen atoms in total. The quantitative estimate of drug-likeness (QED) is 0.926. The van der Waals surface area contributed by atoms with Gasteiger partial charge in [-0.05, 0) is 31.9 Å². The van der Waals surface area contributed by atoms with Crippen LogP contribution in [-0.2, 0) is 4.74 Å². The van der Waals surface area contributed by atoms with Crippen molar-refractivity contribution in [2.45, 2.75) is 25.9 Å². The molecule has 0 bridgehead atoms. The van der Waals surface area contributed by atoms with Gasteiger partial charge in [-0.15, -0.1) is 0 Å². The lowest BCUT2D eigenvalue weighted by Gasteiger charge is -2.32. The van der Waals surface area contributed by atoms with Crippen molar-refractivity contribution in [2.24, 2.45) is 0 Å². The fourth-order valence-corrected chi connectivity index (χ4v) is 2.97. The van der Waals surface area contributed by atoms with Crippen molar-refractivity contribution in [3.8, 4) is 5.75 Å². The van der Waals surface area contributed by atoms with E-state index in [2.05, 4.69) is 5.32 Å². The molecule has 0 aromatic heterocycles. The number of amides is 1. The predicted molar refractivity (Wildman–Crippen MR) is 81.0 cm³/mol. The van der Waals surface area contributed by atoms with E-state index < -0.39 is 0 Å². The topological polar surface area (TPSA) is 50.8 Å². The Morgan fingerprint density at radius 3 is 3.00 bits per heavy atom. The SMILES string of the molecule is CCOC1CCN(C(=O)c2cccc3c2OCCN3)CC1. The van der Waals surface area contributed by atoms with E-state index in [1.54, 1.807) is 0 Å². The summed E-state index contributed by atoms with van der Waals surface area (Å²) in [6.07, 6.45) is 2.11. The Hall–Kier alpha value is -1.75. The van der Waals surface area contributed by atoms with Crippen LogP contribution in [0.25, 0.3) is 0 Å². The molecule has 0 radical (unpaired) electrons. The molecule has 0 atom stereocenters. The summed E-state index contributed by atoms with van der Waals surface area (Å²) in [5, 5.41) is 3.27. The number of hydrogen-bond acceptors (Lipinski definition) is 4. The number of ether oxygens (including phenoxy) is 2. The van der Waals surface area contributed by atoms with Crippen LogP contribution in [0.4, 0.5) is 5.69 Å². The average molecular weight is 290 g/mol. The molecule has 21 heavy (non-hydrogen) atoms. The van der Waals surface area contributed by atoms with Gasteiger partial charge in [0, 0.05) is 26.2 Å². The maximum absolute atomic E-state index is 12.7. The molecule has 2 heterocycles. The Morgan fingerprint density at radius 2 is 2.24 bits per heavy atom. The number of hydrogen-bond donors (Lipinski definition) is 1. The van der Waals surface area contributed by atoms with Gasteiger partial charge in [0.05, 0.1) is 17.4 Å². The number of para-hydroxylation sites is 1.